The molecule has 0 spiro atoms. The molecule has 1 fully saturated rings. The lowest BCUT2D eigenvalue weighted by molar-refractivity contribution is 0.528. The van der Waals surface area contributed by atoms with Gasteiger partial charge >= 0.3 is 0 Å². The molecule has 0 saturated carbocycles. The molecule has 1 aromatic heterocycles. The van der Waals surface area contributed by atoms with Crippen LogP contribution >= 0.6 is 11.8 Å². The van der Waals surface area contributed by atoms with Crippen LogP contribution in [0.5, 0.6) is 0 Å². The monoisotopic (exact) mass is 317 g/mol. The number of aromatic nitrogens is 1. The van der Waals surface area contributed by atoms with Crippen LogP contribution in [0.25, 0.3) is 0 Å². The second-order valence-corrected chi connectivity index (χ2v) is 7.93. The zero-order chi connectivity index (χ0) is 14.6. The van der Waals surface area contributed by atoms with Crippen molar-refractivity contribution >= 4 is 21.8 Å². The molecule has 7 heteroatoms. The van der Waals surface area contributed by atoms with Crippen LogP contribution < -0.4 is 10.0 Å². The SMILES string of the molecule is CCn1cc(S(=O)(=O)NC2CCSCC2)cc1CNC. The van der Waals surface area contributed by atoms with Gasteiger partial charge in [-0.25, -0.2) is 13.1 Å². The van der Waals surface area contributed by atoms with Gasteiger partial charge in [-0.05, 0) is 44.4 Å². The summed E-state index contributed by atoms with van der Waals surface area (Å²) in [6, 6.07) is 1.85. The molecule has 0 aromatic carbocycles. The second-order valence-electron chi connectivity index (χ2n) is 4.99. The van der Waals surface area contributed by atoms with E-state index in [-0.39, 0.29) is 6.04 Å². The van der Waals surface area contributed by atoms with Crippen LogP contribution in [0.1, 0.15) is 25.5 Å². The summed E-state index contributed by atoms with van der Waals surface area (Å²) >= 11 is 1.89. The zero-order valence-corrected chi connectivity index (χ0v) is 13.7. The smallest absolute Gasteiger partial charge is 0.242 e. The van der Waals surface area contributed by atoms with Crippen molar-refractivity contribution in [3.05, 3.63) is 18.0 Å². The highest BCUT2D eigenvalue weighted by Crippen LogP contribution is 2.20. The maximum atomic E-state index is 12.4. The predicted octanol–water partition coefficient (Wildman–Crippen LogP) is 1.40. The average Bonchev–Trinajstić information content (AvgIpc) is 2.84. The normalized spacial score (nSPS) is 17.5. The Hall–Kier alpha value is -0.500. The first kappa shape index (κ1) is 15.9. The van der Waals surface area contributed by atoms with Crippen LogP contribution in [-0.4, -0.2) is 37.6 Å². The Morgan fingerprint density at radius 2 is 2.10 bits per heavy atom. The summed E-state index contributed by atoms with van der Waals surface area (Å²) in [5.74, 6) is 2.07. The minimum atomic E-state index is -3.40. The average molecular weight is 317 g/mol. The number of rotatable bonds is 6. The van der Waals surface area contributed by atoms with E-state index >= 15 is 0 Å². The van der Waals surface area contributed by atoms with Crippen LogP contribution in [-0.2, 0) is 23.1 Å². The zero-order valence-electron chi connectivity index (χ0n) is 12.1. The first-order chi connectivity index (χ1) is 9.56. The molecule has 1 saturated heterocycles. The summed E-state index contributed by atoms with van der Waals surface area (Å²) < 4.78 is 29.7. The minimum Gasteiger partial charge on any atom is -0.349 e. The summed E-state index contributed by atoms with van der Waals surface area (Å²) in [5, 5.41) is 3.07. The molecule has 20 heavy (non-hydrogen) atoms. The standard InChI is InChI=1S/C13H23N3O2S2/c1-3-16-10-13(8-12(16)9-14-2)20(17,18)15-11-4-6-19-7-5-11/h8,10-11,14-15H,3-7,9H2,1-2H3. The van der Waals surface area contributed by atoms with Crippen LogP contribution in [0.15, 0.2) is 17.2 Å². The van der Waals surface area contributed by atoms with Gasteiger partial charge < -0.3 is 9.88 Å². The van der Waals surface area contributed by atoms with E-state index in [9.17, 15) is 8.42 Å². The molecule has 1 aliphatic heterocycles. The number of nitrogens with zero attached hydrogens (tertiary/aromatic N) is 1. The van der Waals surface area contributed by atoms with Gasteiger partial charge in [0.25, 0.3) is 0 Å². The second kappa shape index (κ2) is 6.98. The fourth-order valence-corrected chi connectivity index (χ4v) is 4.87. The lowest BCUT2D eigenvalue weighted by atomic mass is 10.2. The Balaban J connectivity index is 2.15. The van der Waals surface area contributed by atoms with Gasteiger partial charge in [-0.15, -0.1) is 0 Å². The van der Waals surface area contributed by atoms with Gasteiger partial charge in [0.15, 0.2) is 0 Å². The number of hydrogen-bond acceptors (Lipinski definition) is 4. The number of aryl methyl sites for hydroxylation is 1. The number of hydrogen-bond donors (Lipinski definition) is 2. The van der Waals surface area contributed by atoms with Crippen molar-refractivity contribution in [2.45, 2.75) is 43.8 Å². The molecule has 1 aromatic rings. The molecule has 0 aliphatic carbocycles. The fourth-order valence-electron chi connectivity index (χ4n) is 2.40. The summed E-state index contributed by atoms with van der Waals surface area (Å²) in [6.45, 7) is 3.46. The fraction of sp³-hybridized carbons (Fsp3) is 0.692. The Morgan fingerprint density at radius 3 is 2.70 bits per heavy atom. The van der Waals surface area contributed by atoms with Crippen LogP contribution in [0, 0.1) is 0 Å². The van der Waals surface area contributed by atoms with E-state index in [1.54, 1.807) is 12.3 Å². The number of thioether (sulfide) groups is 1. The Morgan fingerprint density at radius 1 is 1.40 bits per heavy atom. The van der Waals surface area contributed by atoms with Crippen molar-refractivity contribution in [2.75, 3.05) is 18.6 Å². The Bertz CT molecular complexity index is 534. The highest BCUT2D eigenvalue weighted by molar-refractivity contribution is 7.99. The van der Waals surface area contributed by atoms with Crippen molar-refractivity contribution in [2.24, 2.45) is 0 Å². The third-order valence-corrected chi connectivity index (χ3v) is 6.05. The third kappa shape index (κ3) is 3.78. The Labute approximate surface area is 125 Å². The quantitative estimate of drug-likeness (QED) is 0.832. The van der Waals surface area contributed by atoms with E-state index in [1.807, 2.05) is 30.3 Å². The molecule has 2 rings (SSSR count). The van der Waals surface area contributed by atoms with Crippen molar-refractivity contribution in [3.8, 4) is 0 Å². The summed E-state index contributed by atoms with van der Waals surface area (Å²) in [7, 11) is -1.54. The lowest BCUT2D eigenvalue weighted by Gasteiger charge is -2.21. The number of nitrogens with one attached hydrogen (secondary N) is 2. The van der Waals surface area contributed by atoms with Gasteiger partial charge in [0.05, 0.1) is 4.90 Å². The molecule has 2 N–H and O–H groups in total. The molecule has 1 aliphatic rings. The highest BCUT2D eigenvalue weighted by atomic mass is 32.2. The lowest BCUT2D eigenvalue weighted by Crippen LogP contribution is -2.37. The van der Waals surface area contributed by atoms with Crippen LogP contribution in [0.2, 0.25) is 0 Å². The molecule has 0 amide bonds. The minimum absolute atomic E-state index is 0.0824. The topological polar surface area (TPSA) is 63.1 Å². The summed E-state index contributed by atoms with van der Waals surface area (Å²) in [5.41, 5.74) is 0.995. The summed E-state index contributed by atoms with van der Waals surface area (Å²) in [4.78, 5) is 0.378. The molecule has 114 valence electrons. The molecule has 0 unspecified atom stereocenters. The van der Waals surface area contributed by atoms with Gasteiger partial charge in [-0.2, -0.15) is 11.8 Å². The van der Waals surface area contributed by atoms with Crippen molar-refractivity contribution in [3.63, 3.8) is 0 Å². The molecule has 0 radical (unpaired) electrons. The van der Waals surface area contributed by atoms with Gasteiger partial charge in [0.1, 0.15) is 0 Å². The van der Waals surface area contributed by atoms with E-state index in [2.05, 4.69) is 10.0 Å². The van der Waals surface area contributed by atoms with E-state index in [0.717, 1.165) is 36.6 Å². The highest BCUT2D eigenvalue weighted by Gasteiger charge is 2.23. The molecule has 0 atom stereocenters. The number of sulfonamides is 1. The molecule has 0 bridgehead atoms. The maximum absolute atomic E-state index is 12.4. The van der Waals surface area contributed by atoms with Crippen LogP contribution in [0.3, 0.4) is 0 Å². The van der Waals surface area contributed by atoms with Crippen LogP contribution in [0.4, 0.5) is 0 Å². The third-order valence-electron chi connectivity index (χ3n) is 3.51. The van der Waals surface area contributed by atoms with E-state index in [4.69, 9.17) is 0 Å². The van der Waals surface area contributed by atoms with Gasteiger partial charge in [-0.3, -0.25) is 0 Å². The first-order valence-electron chi connectivity index (χ1n) is 7.00. The summed E-state index contributed by atoms with van der Waals surface area (Å²) in [6.07, 6.45) is 3.57. The van der Waals surface area contributed by atoms with Crippen molar-refractivity contribution < 1.29 is 8.42 Å². The van der Waals surface area contributed by atoms with Crippen molar-refractivity contribution in [1.29, 1.82) is 0 Å². The maximum Gasteiger partial charge on any atom is 0.242 e. The van der Waals surface area contributed by atoms with E-state index < -0.39 is 10.0 Å². The van der Waals surface area contributed by atoms with E-state index in [1.165, 1.54) is 0 Å². The van der Waals surface area contributed by atoms with Crippen molar-refractivity contribution in [1.82, 2.24) is 14.6 Å². The van der Waals surface area contributed by atoms with Gasteiger partial charge in [-0.1, -0.05) is 0 Å². The van der Waals surface area contributed by atoms with E-state index in [0.29, 0.717) is 11.4 Å². The molecular formula is C13H23N3O2S2. The largest absolute Gasteiger partial charge is 0.349 e. The van der Waals surface area contributed by atoms with Gasteiger partial charge in [0, 0.05) is 31.0 Å². The molecule has 2 heterocycles. The van der Waals surface area contributed by atoms with Gasteiger partial charge in [0.2, 0.25) is 10.0 Å². The first-order valence-corrected chi connectivity index (χ1v) is 9.64. The Kier molecular flexibility index (Phi) is 5.54. The predicted molar refractivity (Wildman–Crippen MR) is 83.5 cm³/mol. The molecular weight excluding hydrogens is 294 g/mol. The molecule has 5 nitrogen and oxygen atoms in total.